The molecule has 0 aromatic heterocycles. The summed E-state index contributed by atoms with van der Waals surface area (Å²) >= 11 is 0. The summed E-state index contributed by atoms with van der Waals surface area (Å²) < 4.78 is 0. The Labute approximate surface area is 35.9 Å². The molecular weight excluding hydrogens is 80.8 g/mol. The number of nitrogens with two attached hydrogens (primary N) is 1. The maximum absolute atomic E-state index is 9.67. The van der Waals surface area contributed by atoms with Gasteiger partial charge in [-0.15, -0.1) is 0 Å². The summed E-state index contributed by atoms with van der Waals surface area (Å²) in [6, 6.07) is 0. The summed E-state index contributed by atoms with van der Waals surface area (Å²) in [7, 11) is 1.13. The van der Waals surface area contributed by atoms with Crippen molar-refractivity contribution in [3.05, 3.63) is 0 Å². The number of rotatable bonds is 1. The van der Waals surface area contributed by atoms with Crippen LogP contribution in [0.4, 0.5) is 0 Å². The van der Waals surface area contributed by atoms with Crippen molar-refractivity contribution in [2.75, 3.05) is 0 Å². The topological polar surface area (TPSA) is 60.2 Å². The Kier molecular flexibility index (Phi) is 1.38. The molecule has 0 saturated heterocycles. The van der Waals surface area contributed by atoms with E-state index in [1.807, 2.05) is 0 Å². The van der Waals surface area contributed by atoms with E-state index < -0.39 is 11.6 Å². The first-order chi connectivity index (χ1) is 2.64. The lowest BCUT2D eigenvalue weighted by atomic mass is 10.0. The fourth-order valence-corrected chi connectivity index (χ4v) is 0. The largest absolute Gasteiger partial charge is 0.364 e. The molecule has 0 fully saturated rings. The highest BCUT2D eigenvalue weighted by Gasteiger charge is 1.95. The van der Waals surface area contributed by atoms with E-state index in [0.29, 0.717) is 0 Å². The van der Waals surface area contributed by atoms with Gasteiger partial charge in [0.2, 0.25) is 7.85 Å². The third kappa shape index (κ3) is 1.52. The van der Waals surface area contributed by atoms with Crippen molar-refractivity contribution in [3.8, 4) is 0 Å². The molecule has 0 unspecified atom stereocenters. The van der Waals surface area contributed by atoms with Gasteiger partial charge in [0.1, 0.15) is 0 Å². The van der Waals surface area contributed by atoms with Gasteiger partial charge < -0.3 is 10.5 Å². The minimum absolute atomic E-state index is 0.602. The maximum Gasteiger partial charge on any atom is 0.273 e. The number of hydrogen-bond acceptors (Lipinski definition) is 2. The van der Waals surface area contributed by atoms with E-state index in [2.05, 4.69) is 5.73 Å². The number of primary amides is 1. The van der Waals surface area contributed by atoms with E-state index in [-0.39, 0.29) is 0 Å². The minimum Gasteiger partial charge on any atom is -0.364 e. The van der Waals surface area contributed by atoms with Gasteiger partial charge in [-0.05, 0) is 0 Å². The molecule has 0 aromatic carbocycles. The maximum atomic E-state index is 9.67. The average Bonchev–Trinajstić information content (AvgIpc) is 1.36. The van der Waals surface area contributed by atoms with Crippen LogP contribution in [0.15, 0.2) is 0 Å². The highest BCUT2D eigenvalue weighted by Crippen LogP contribution is 1.50. The Morgan fingerprint density at radius 1 is 1.50 bits per heavy atom. The van der Waals surface area contributed by atoms with Gasteiger partial charge in [0.25, 0.3) is 5.91 Å². The molecule has 0 radical (unpaired) electrons. The van der Waals surface area contributed by atoms with Crippen molar-refractivity contribution >= 4 is 19.4 Å². The van der Waals surface area contributed by atoms with Crippen LogP contribution in [0.25, 0.3) is 0 Å². The van der Waals surface area contributed by atoms with E-state index in [9.17, 15) is 9.59 Å². The molecule has 1 amide bonds. The standard InChI is InChI=1S/C2H4BNO2/c3-1(5)2(4)6/h3H2,(H2,4,6). The van der Waals surface area contributed by atoms with Crippen LogP contribution in [0.5, 0.6) is 0 Å². The lowest BCUT2D eigenvalue weighted by molar-refractivity contribution is -0.131. The number of amides is 1. The molecule has 4 heteroatoms. The van der Waals surface area contributed by atoms with E-state index in [4.69, 9.17) is 0 Å². The second kappa shape index (κ2) is 1.59. The third-order valence-electron chi connectivity index (χ3n) is 0.347. The van der Waals surface area contributed by atoms with Crippen LogP contribution in [0.2, 0.25) is 0 Å². The van der Waals surface area contributed by atoms with E-state index in [1.165, 1.54) is 0 Å². The van der Waals surface area contributed by atoms with Crippen LogP contribution in [-0.4, -0.2) is 19.4 Å². The molecule has 0 aromatic rings. The van der Waals surface area contributed by atoms with Gasteiger partial charge in [-0.3, -0.25) is 4.79 Å². The minimum atomic E-state index is -0.880. The average molecular weight is 84.9 g/mol. The van der Waals surface area contributed by atoms with Crippen molar-refractivity contribution in [2.24, 2.45) is 5.73 Å². The van der Waals surface area contributed by atoms with Crippen molar-refractivity contribution in [1.29, 1.82) is 0 Å². The number of hydrogen-bond donors (Lipinski definition) is 1. The Morgan fingerprint density at radius 3 is 1.67 bits per heavy atom. The molecule has 3 nitrogen and oxygen atoms in total. The van der Waals surface area contributed by atoms with Gasteiger partial charge >= 0.3 is 0 Å². The summed E-state index contributed by atoms with van der Waals surface area (Å²) in [6.07, 6.45) is 0. The molecule has 6 heavy (non-hydrogen) atoms. The molecule has 0 aliphatic heterocycles. The Hall–Kier alpha value is -0.795. The van der Waals surface area contributed by atoms with Crippen molar-refractivity contribution in [3.63, 3.8) is 0 Å². The van der Waals surface area contributed by atoms with Gasteiger partial charge in [-0.25, -0.2) is 0 Å². The quantitative estimate of drug-likeness (QED) is 0.285. The van der Waals surface area contributed by atoms with Crippen LogP contribution >= 0.6 is 0 Å². The molecule has 0 rings (SSSR count). The van der Waals surface area contributed by atoms with Crippen molar-refractivity contribution in [2.45, 2.75) is 0 Å². The Bertz CT molecular complexity index is 77.5. The summed E-state index contributed by atoms with van der Waals surface area (Å²) in [4.78, 5) is 19.2. The van der Waals surface area contributed by atoms with Gasteiger partial charge in [0, 0.05) is 0 Å². The molecule has 0 atom stereocenters. The number of carbonyl (C=O) groups excluding carboxylic acids is 2. The van der Waals surface area contributed by atoms with Gasteiger partial charge in [0.15, 0.2) is 5.68 Å². The van der Waals surface area contributed by atoms with Gasteiger partial charge in [0.05, 0.1) is 0 Å². The van der Waals surface area contributed by atoms with Crippen molar-refractivity contribution in [1.82, 2.24) is 0 Å². The predicted octanol–water partition coefficient (Wildman–Crippen LogP) is -2.37. The molecule has 0 spiro atoms. The van der Waals surface area contributed by atoms with Gasteiger partial charge in [-0.1, -0.05) is 0 Å². The smallest absolute Gasteiger partial charge is 0.273 e. The second-order valence-corrected chi connectivity index (χ2v) is 0.920. The molecule has 0 aliphatic rings. The summed E-state index contributed by atoms with van der Waals surface area (Å²) in [5.74, 6) is -0.880. The summed E-state index contributed by atoms with van der Waals surface area (Å²) in [5, 5.41) is 0. The first-order valence-electron chi connectivity index (χ1n) is 1.45. The summed E-state index contributed by atoms with van der Waals surface area (Å²) in [6.45, 7) is 0. The highest BCUT2D eigenvalue weighted by atomic mass is 16.2. The van der Waals surface area contributed by atoms with Crippen LogP contribution in [-0.2, 0) is 9.59 Å². The van der Waals surface area contributed by atoms with Crippen LogP contribution in [0.3, 0.4) is 0 Å². The Balaban J connectivity index is 3.57. The second-order valence-electron chi connectivity index (χ2n) is 0.920. The monoisotopic (exact) mass is 85.0 g/mol. The highest BCUT2D eigenvalue weighted by molar-refractivity contribution is 6.76. The molecule has 0 heterocycles. The first kappa shape index (κ1) is 5.20. The van der Waals surface area contributed by atoms with Crippen LogP contribution < -0.4 is 5.73 Å². The first-order valence-corrected chi connectivity index (χ1v) is 1.45. The predicted molar refractivity (Wildman–Crippen MR) is 22.7 cm³/mol. The van der Waals surface area contributed by atoms with E-state index in [1.54, 1.807) is 0 Å². The SMILES string of the molecule is BC(=O)C(N)=O. The lowest BCUT2D eigenvalue weighted by Crippen LogP contribution is -2.22. The Morgan fingerprint density at radius 2 is 1.67 bits per heavy atom. The van der Waals surface area contributed by atoms with E-state index in [0.717, 1.165) is 7.85 Å². The fraction of sp³-hybridized carbons (Fsp3) is 0. The molecule has 0 bridgehead atoms. The molecule has 2 N–H and O–H groups in total. The van der Waals surface area contributed by atoms with Crippen LogP contribution in [0, 0.1) is 0 Å². The summed E-state index contributed by atoms with van der Waals surface area (Å²) in [5.41, 5.74) is 3.84. The van der Waals surface area contributed by atoms with Crippen molar-refractivity contribution < 1.29 is 9.59 Å². The van der Waals surface area contributed by atoms with Crippen LogP contribution in [0.1, 0.15) is 0 Å². The lowest BCUT2D eigenvalue weighted by Gasteiger charge is -1.74. The molecule has 32 valence electrons. The third-order valence-corrected chi connectivity index (χ3v) is 0.347. The normalized spacial score (nSPS) is 7.33. The zero-order chi connectivity index (χ0) is 5.15. The van der Waals surface area contributed by atoms with E-state index >= 15 is 0 Å². The van der Waals surface area contributed by atoms with Gasteiger partial charge in [-0.2, -0.15) is 0 Å². The number of carbonyl (C=O) groups is 2. The fourth-order valence-electron chi connectivity index (χ4n) is 0. The zero-order valence-corrected chi connectivity index (χ0v) is 3.39. The molecule has 0 aliphatic carbocycles. The molecule has 0 saturated carbocycles. The molecular formula is C2H4BNO2. The zero-order valence-electron chi connectivity index (χ0n) is 3.39.